The van der Waals surface area contributed by atoms with E-state index in [0.29, 0.717) is 12.5 Å². The highest BCUT2D eigenvalue weighted by atomic mass is 16.5. The van der Waals surface area contributed by atoms with Crippen molar-refractivity contribution in [2.75, 3.05) is 6.61 Å². The summed E-state index contributed by atoms with van der Waals surface area (Å²) < 4.78 is 7.56. The van der Waals surface area contributed by atoms with Gasteiger partial charge in [0.05, 0.1) is 12.2 Å². The van der Waals surface area contributed by atoms with Crippen molar-refractivity contribution in [3.05, 3.63) is 12.2 Å². The Hall–Kier alpha value is -0.940. The zero-order valence-corrected chi connectivity index (χ0v) is 12.0. The second-order valence-electron chi connectivity index (χ2n) is 5.64. The molecule has 1 aliphatic heterocycles. The molecule has 1 aromatic rings. The van der Waals surface area contributed by atoms with E-state index in [0.717, 1.165) is 31.7 Å². The summed E-state index contributed by atoms with van der Waals surface area (Å²) in [5.41, 5.74) is 0. The van der Waals surface area contributed by atoms with E-state index < -0.39 is 0 Å². The van der Waals surface area contributed by atoms with Crippen molar-refractivity contribution < 1.29 is 9.84 Å². The van der Waals surface area contributed by atoms with E-state index in [2.05, 4.69) is 23.9 Å². The van der Waals surface area contributed by atoms with Gasteiger partial charge in [-0.15, -0.1) is 0 Å². The van der Waals surface area contributed by atoms with Gasteiger partial charge in [0.1, 0.15) is 12.2 Å². The summed E-state index contributed by atoms with van der Waals surface area (Å²) in [6.45, 7) is 5.02. The van der Waals surface area contributed by atoms with Crippen LogP contribution in [0.1, 0.15) is 57.8 Å². The molecule has 2 heterocycles. The molecule has 2 unspecified atom stereocenters. The standard InChI is InChI=1S/C14H25N3O2/c1-11(2)17-14(15-10-16-17)9-12(18)6-7-13-5-3-4-8-19-13/h10-13,18H,3-9H2,1-2H3. The average molecular weight is 267 g/mol. The molecule has 2 atom stereocenters. The van der Waals surface area contributed by atoms with Gasteiger partial charge < -0.3 is 9.84 Å². The molecule has 1 aliphatic rings. The first-order chi connectivity index (χ1) is 9.16. The van der Waals surface area contributed by atoms with Gasteiger partial charge in [0.2, 0.25) is 0 Å². The van der Waals surface area contributed by atoms with Gasteiger partial charge in [-0.1, -0.05) is 0 Å². The topological polar surface area (TPSA) is 60.2 Å². The number of ether oxygens (including phenoxy) is 1. The van der Waals surface area contributed by atoms with Crippen LogP contribution in [0.2, 0.25) is 0 Å². The normalized spacial score (nSPS) is 21.8. The Balaban J connectivity index is 1.77. The highest BCUT2D eigenvalue weighted by molar-refractivity contribution is 4.89. The fraction of sp³-hybridized carbons (Fsp3) is 0.857. The maximum Gasteiger partial charge on any atom is 0.138 e. The highest BCUT2D eigenvalue weighted by Crippen LogP contribution is 2.19. The summed E-state index contributed by atoms with van der Waals surface area (Å²) in [6.07, 6.45) is 7.40. The molecule has 108 valence electrons. The molecule has 0 aromatic carbocycles. The summed E-state index contributed by atoms with van der Waals surface area (Å²) in [6, 6.07) is 0.284. The molecule has 2 rings (SSSR count). The largest absolute Gasteiger partial charge is 0.393 e. The molecule has 0 amide bonds. The molecule has 5 nitrogen and oxygen atoms in total. The number of hydrogen-bond acceptors (Lipinski definition) is 4. The SMILES string of the molecule is CC(C)n1ncnc1CC(O)CCC1CCCCO1. The van der Waals surface area contributed by atoms with Crippen LogP contribution in [0.15, 0.2) is 6.33 Å². The molecule has 0 saturated carbocycles. The maximum atomic E-state index is 10.1. The van der Waals surface area contributed by atoms with Crippen LogP contribution in [-0.2, 0) is 11.2 Å². The van der Waals surface area contributed by atoms with Crippen LogP contribution < -0.4 is 0 Å². The van der Waals surface area contributed by atoms with Crippen LogP contribution in [0.25, 0.3) is 0 Å². The Morgan fingerprint density at radius 1 is 1.47 bits per heavy atom. The second kappa shape index (κ2) is 7.01. The van der Waals surface area contributed by atoms with Crippen molar-refractivity contribution in [2.45, 2.75) is 70.6 Å². The molecular formula is C14H25N3O2. The first-order valence-electron chi connectivity index (χ1n) is 7.35. The molecule has 0 aliphatic carbocycles. The fourth-order valence-electron chi connectivity index (χ4n) is 2.58. The van der Waals surface area contributed by atoms with Crippen LogP contribution in [0.3, 0.4) is 0 Å². The Bertz CT molecular complexity index is 373. The van der Waals surface area contributed by atoms with E-state index in [4.69, 9.17) is 4.74 Å². The lowest BCUT2D eigenvalue weighted by Gasteiger charge is -2.23. The maximum absolute atomic E-state index is 10.1. The number of aliphatic hydroxyl groups excluding tert-OH is 1. The molecule has 1 aromatic heterocycles. The van der Waals surface area contributed by atoms with Crippen LogP contribution in [0, 0.1) is 0 Å². The lowest BCUT2D eigenvalue weighted by atomic mass is 10.0. The summed E-state index contributed by atoms with van der Waals surface area (Å²) in [7, 11) is 0. The van der Waals surface area contributed by atoms with Crippen molar-refractivity contribution in [3.8, 4) is 0 Å². The monoisotopic (exact) mass is 267 g/mol. The van der Waals surface area contributed by atoms with Crippen molar-refractivity contribution in [1.82, 2.24) is 14.8 Å². The summed E-state index contributed by atoms with van der Waals surface area (Å²) in [5, 5.41) is 14.3. The van der Waals surface area contributed by atoms with Crippen LogP contribution in [-0.4, -0.2) is 38.7 Å². The van der Waals surface area contributed by atoms with E-state index in [9.17, 15) is 5.11 Å². The Morgan fingerprint density at radius 2 is 2.32 bits per heavy atom. The summed E-state index contributed by atoms with van der Waals surface area (Å²) >= 11 is 0. The summed E-state index contributed by atoms with van der Waals surface area (Å²) in [4.78, 5) is 4.23. The summed E-state index contributed by atoms with van der Waals surface area (Å²) in [5.74, 6) is 0.868. The molecule has 19 heavy (non-hydrogen) atoms. The van der Waals surface area contributed by atoms with Gasteiger partial charge in [0, 0.05) is 19.1 Å². The van der Waals surface area contributed by atoms with E-state index in [1.54, 1.807) is 6.33 Å². The van der Waals surface area contributed by atoms with Gasteiger partial charge in [0.15, 0.2) is 0 Å². The Labute approximate surface area is 115 Å². The van der Waals surface area contributed by atoms with Crippen molar-refractivity contribution in [2.24, 2.45) is 0 Å². The molecular weight excluding hydrogens is 242 g/mol. The minimum absolute atomic E-state index is 0.284. The third-order valence-electron chi connectivity index (χ3n) is 3.65. The minimum atomic E-state index is -0.354. The predicted octanol–water partition coefficient (Wildman–Crippen LogP) is 2.11. The minimum Gasteiger partial charge on any atom is -0.393 e. The van der Waals surface area contributed by atoms with E-state index >= 15 is 0 Å². The van der Waals surface area contributed by atoms with Crippen LogP contribution >= 0.6 is 0 Å². The number of rotatable bonds is 6. The first kappa shape index (κ1) is 14.5. The van der Waals surface area contributed by atoms with Crippen molar-refractivity contribution in [1.29, 1.82) is 0 Å². The molecule has 0 radical (unpaired) electrons. The third kappa shape index (κ3) is 4.28. The number of nitrogens with zero attached hydrogens (tertiary/aromatic N) is 3. The first-order valence-corrected chi connectivity index (χ1v) is 7.35. The molecule has 1 fully saturated rings. The Morgan fingerprint density at radius 3 is 3.00 bits per heavy atom. The second-order valence-corrected chi connectivity index (χ2v) is 5.64. The van der Waals surface area contributed by atoms with Crippen molar-refractivity contribution in [3.63, 3.8) is 0 Å². The van der Waals surface area contributed by atoms with E-state index in [1.165, 1.54) is 12.8 Å². The quantitative estimate of drug-likeness (QED) is 0.857. The van der Waals surface area contributed by atoms with Gasteiger partial charge in [0.25, 0.3) is 0 Å². The Kier molecular flexibility index (Phi) is 5.34. The highest BCUT2D eigenvalue weighted by Gasteiger charge is 2.17. The van der Waals surface area contributed by atoms with E-state index in [1.807, 2.05) is 4.68 Å². The number of aliphatic hydroxyl groups is 1. The molecule has 0 spiro atoms. The lowest BCUT2D eigenvalue weighted by molar-refractivity contribution is 0.00214. The number of hydrogen-bond donors (Lipinski definition) is 1. The lowest BCUT2D eigenvalue weighted by Crippen LogP contribution is -2.22. The van der Waals surface area contributed by atoms with Gasteiger partial charge in [-0.3, -0.25) is 0 Å². The fourth-order valence-corrected chi connectivity index (χ4v) is 2.58. The van der Waals surface area contributed by atoms with Gasteiger partial charge >= 0.3 is 0 Å². The van der Waals surface area contributed by atoms with Crippen LogP contribution in [0.5, 0.6) is 0 Å². The third-order valence-corrected chi connectivity index (χ3v) is 3.65. The van der Waals surface area contributed by atoms with Gasteiger partial charge in [-0.05, 0) is 46.0 Å². The number of aromatic nitrogens is 3. The molecule has 1 saturated heterocycles. The van der Waals surface area contributed by atoms with Crippen LogP contribution in [0.4, 0.5) is 0 Å². The zero-order valence-electron chi connectivity index (χ0n) is 12.0. The molecule has 0 bridgehead atoms. The predicted molar refractivity (Wildman–Crippen MR) is 72.9 cm³/mol. The zero-order chi connectivity index (χ0) is 13.7. The molecule has 5 heteroatoms. The van der Waals surface area contributed by atoms with Gasteiger partial charge in [-0.25, -0.2) is 9.67 Å². The van der Waals surface area contributed by atoms with E-state index in [-0.39, 0.29) is 12.1 Å². The molecule has 1 N–H and O–H groups in total. The smallest absolute Gasteiger partial charge is 0.138 e. The average Bonchev–Trinajstić information content (AvgIpc) is 2.86. The van der Waals surface area contributed by atoms with Crippen molar-refractivity contribution >= 4 is 0 Å². The van der Waals surface area contributed by atoms with Gasteiger partial charge in [-0.2, -0.15) is 5.10 Å².